The van der Waals surface area contributed by atoms with Crippen molar-refractivity contribution in [2.24, 2.45) is 4.99 Å². The summed E-state index contributed by atoms with van der Waals surface area (Å²) >= 11 is 1.76. The fourth-order valence-corrected chi connectivity index (χ4v) is 3.44. The molecule has 0 saturated heterocycles. The van der Waals surface area contributed by atoms with Gasteiger partial charge in [0.05, 0.1) is 37.6 Å². The fraction of sp³-hybridized carbons (Fsp3) is 0.500. The maximum Gasteiger partial charge on any atom is 0.191 e. The molecule has 1 aromatic heterocycles. The predicted octanol–water partition coefficient (Wildman–Crippen LogP) is 3.70. The minimum atomic E-state index is 0. The summed E-state index contributed by atoms with van der Waals surface area (Å²) in [7, 11) is 1.67. The van der Waals surface area contributed by atoms with E-state index in [9.17, 15) is 0 Å². The lowest BCUT2D eigenvalue weighted by Crippen LogP contribution is -2.38. The average Bonchev–Trinajstić information content (AvgIpc) is 2.99. The number of methoxy groups -OCH3 is 1. The van der Waals surface area contributed by atoms with Crippen molar-refractivity contribution in [1.82, 2.24) is 15.6 Å². The lowest BCUT2D eigenvalue weighted by Gasteiger charge is -2.11. The highest BCUT2D eigenvalue weighted by molar-refractivity contribution is 14.0. The minimum absolute atomic E-state index is 0. The quantitative estimate of drug-likeness (QED) is 0.217. The molecule has 0 radical (unpaired) electrons. The van der Waals surface area contributed by atoms with Crippen LogP contribution in [-0.2, 0) is 17.8 Å². The van der Waals surface area contributed by atoms with Gasteiger partial charge in [-0.15, -0.1) is 35.3 Å². The second kappa shape index (κ2) is 13.7. The molecule has 156 valence electrons. The first kappa shape index (κ1) is 24.6. The average molecular weight is 518 g/mol. The Morgan fingerprint density at radius 2 is 2.00 bits per heavy atom. The van der Waals surface area contributed by atoms with E-state index in [0.29, 0.717) is 19.8 Å². The molecule has 0 amide bonds. The van der Waals surface area contributed by atoms with E-state index in [2.05, 4.69) is 41.4 Å². The Hall–Kier alpha value is -1.39. The summed E-state index contributed by atoms with van der Waals surface area (Å²) in [4.78, 5) is 10.4. The van der Waals surface area contributed by atoms with Gasteiger partial charge in [-0.2, -0.15) is 0 Å². The number of aliphatic imine (C=N–C) groups is 1. The molecule has 0 spiro atoms. The van der Waals surface area contributed by atoms with Crippen LogP contribution in [0.2, 0.25) is 0 Å². The van der Waals surface area contributed by atoms with Crippen LogP contribution in [0.25, 0.3) is 0 Å². The number of ether oxygens (including phenoxy) is 2. The predicted molar refractivity (Wildman–Crippen MR) is 127 cm³/mol. The van der Waals surface area contributed by atoms with Crippen molar-refractivity contribution >= 4 is 41.3 Å². The molecule has 1 aromatic carbocycles. The van der Waals surface area contributed by atoms with Crippen LogP contribution in [0.1, 0.15) is 28.1 Å². The molecule has 0 aliphatic carbocycles. The second-order valence-corrected chi connectivity index (χ2v) is 7.34. The Morgan fingerprint density at radius 1 is 1.21 bits per heavy atom. The van der Waals surface area contributed by atoms with Crippen LogP contribution in [0.4, 0.5) is 0 Å². The van der Waals surface area contributed by atoms with Crippen molar-refractivity contribution in [3.05, 3.63) is 45.4 Å². The van der Waals surface area contributed by atoms with Gasteiger partial charge in [0.15, 0.2) is 5.96 Å². The Bertz CT molecular complexity index is 717. The molecule has 2 N–H and O–H groups in total. The minimum Gasteiger partial charge on any atom is -0.496 e. The van der Waals surface area contributed by atoms with E-state index in [1.165, 1.54) is 4.88 Å². The van der Waals surface area contributed by atoms with Crippen LogP contribution in [0.3, 0.4) is 0 Å². The first-order valence-electron chi connectivity index (χ1n) is 9.28. The van der Waals surface area contributed by atoms with Crippen LogP contribution in [0.5, 0.6) is 5.75 Å². The summed E-state index contributed by atoms with van der Waals surface area (Å²) in [5.74, 6) is 1.66. The number of guanidine groups is 1. The van der Waals surface area contributed by atoms with E-state index in [4.69, 9.17) is 9.47 Å². The summed E-state index contributed by atoms with van der Waals surface area (Å²) in [6.07, 6.45) is 0.897. The normalized spacial score (nSPS) is 11.1. The highest BCUT2D eigenvalue weighted by Crippen LogP contribution is 2.18. The van der Waals surface area contributed by atoms with Gasteiger partial charge in [0, 0.05) is 30.0 Å². The van der Waals surface area contributed by atoms with Crippen molar-refractivity contribution in [2.75, 3.05) is 33.4 Å². The molecule has 0 bridgehead atoms. The standard InChI is InChI=1S/C20H30N4O2S.HI/c1-5-21-20(22-11-10-19-24-15(2)16(3)27-19)23-12-13-26-14-17-8-6-7-9-18(17)25-4;/h6-9H,5,10-14H2,1-4H3,(H2,21,22,23);1H. The summed E-state index contributed by atoms with van der Waals surface area (Å²) in [5.41, 5.74) is 2.17. The van der Waals surface area contributed by atoms with Crippen LogP contribution in [0.15, 0.2) is 29.3 Å². The van der Waals surface area contributed by atoms with Gasteiger partial charge in [-0.05, 0) is 26.8 Å². The Kier molecular flexibility index (Phi) is 12.1. The molecule has 0 atom stereocenters. The summed E-state index contributed by atoms with van der Waals surface area (Å²) < 4.78 is 11.1. The number of aryl methyl sites for hydroxylation is 2. The Labute approximate surface area is 189 Å². The number of thiazole rings is 1. The van der Waals surface area contributed by atoms with Gasteiger partial charge < -0.3 is 20.1 Å². The van der Waals surface area contributed by atoms with E-state index < -0.39 is 0 Å². The number of hydrogen-bond acceptors (Lipinski definition) is 5. The molecular formula is C20H31IN4O2S. The zero-order valence-corrected chi connectivity index (χ0v) is 20.2. The van der Waals surface area contributed by atoms with Gasteiger partial charge in [-0.3, -0.25) is 4.99 Å². The van der Waals surface area contributed by atoms with Gasteiger partial charge in [0.1, 0.15) is 5.75 Å². The zero-order valence-electron chi connectivity index (χ0n) is 17.1. The topological polar surface area (TPSA) is 67.8 Å². The summed E-state index contributed by atoms with van der Waals surface area (Å²) in [6.45, 7) is 9.53. The molecule has 2 aromatic rings. The summed E-state index contributed by atoms with van der Waals surface area (Å²) in [5, 5.41) is 7.77. The third kappa shape index (κ3) is 8.32. The number of benzene rings is 1. The first-order chi connectivity index (χ1) is 13.1. The lowest BCUT2D eigenvalue weighted by molar-refractivity contribution is 0.126. The molecular weight excluding hydrogens is 487 g/mol. The van der Waals surface area contributed by atoms with Gasteiger partial charge in [0.25, 0.3) is 0 Å². The van der Waals surface area contributed by atoms with Gasteiger partial charge in [-0.1, -0.05) is 18.2 Å². The largest absolute Gasteiger partial charge is 0.496 e. The highest BCUT2D eigenvalue weighted by atomic mass is 127. The third-order valence-electron chi connectivity index (χ3n) is 4.00. The Balaban J connectivity index is 0.00000392. The van der Waals surface area contributed by atoms with Crippen molar-refractivity contribution in [1.29, 1.82) is 0 Å². The second-order valence-electron chi connectivity index (χ2n) is 6.05. The van der Waals surface area contributed by atoms with E-state index in [1.807, 2.05) is 24.3 Å². The number of aromatic nitrogens is 1. The third-order valence-corrected chi connectivity index (χ3v) is 5.14. The zero-order chi connectivity index (χ0) is 19.5. The molecule has 0 aliphatic rings. The van der Waals surface area contributed by atoms with E-state index in [0.717, 1.165) is 47.5 Å². The smallest absolute Gasteiger partial charge is 0.191 e. The number of rotatable bonds is 10. The number of hydrogen-bond donors (Lipinski definition) is 2. The number of halogens is 1. The molecule has 0 aliphatic heterocycles. The van der Waals surface area contributed by atoms with Gasteiger partial charge in [-0.25, -0.2) is 4.98 Å². The maximum atomic E-state index is 5.73. The fourth-order valence-electron chi connectivity index (χ4n) is 2.50. The molecule has 2 rings (SSSR count). The van der Waals surface area contributed by atoms with E-state index in [1.54, 1.807) is 18.4 Å². The number of para-hydroxylation sites is 1. The van der Waals surface area contributed by atoms with Crippen molar-refractivity contribution in [3.63, 3.8) is 0 Å². The lowest BCUT2D eigenvalue weighted by atomic mass is 10.2. The van der Waals surface area contributed by atoms with Gasteiger partial charge in [0.2, 0.25) is 0 Å². The van der Waals surface area contributed by atoms with E-state index >= 15 is 0 Å². The number of nitrogens with one attached hydrogen (secondary N) is 2. The maximum absolute atomic E-state index is 5.73. The van der Waals surface area contributed by atoms with Crippen molar-refractivity contribution in [3.8, 4) is 5.75 Å². The molecule has 0 fully saturated rings. The SMILES string of the molecule is CCNC(=NCCOCc1ccccc1OC)NCCc1nc(C)c(C)s1.I. The molecule has 1 heterocycles. The first-order valence-corrected chi connectivity index (χ1v) is 10.1. The highest BCUT2D eigenvalue weighted by Gasteiger charge is 2.04. The van der Waals surface area contributed by atoms with Crippen LogP contribution >= 0.6 is 35.3 Å². The van der Waals surface area contributed by atoms with Crippen LogP contribution in [0, 0.1) is 13.8 Å². The van der Waals surface area contributed by atoms with Crippen molar-refractivity contribution < 1.29 is 9.47 Å². The molecule has 0 saturated carbocycles. The van der Waals surface area contributed by atoms with Crippen LogP contribution < -0.4 is 15.4 Å². The van der Waals surface area contributed by atoms with Crippen LogP contribution in [-0.4, -0.2) is 44.3 Å². The molecule has 8 heteroatoms. The molecule has 6 nitrogen and oxygen atoms in total. The molecule has 0 unspecified atom stereocenters. The summed E-state index contributed by atoms with van der Waals surface area (Å²) in [6, 6.07) is 7.89. The van der Waals surface area contributed by atoms with Crippen molar-refractivity contribution in [2.45, 2.75) is 33.8 Å². The van der Waals surface area contributed by atoms with Gasteiger partial charge >= 0.3 is 0 Å². The molecule has 28 heavy (non-hydrogen) atoms. The monoisotopic (exact) mass is 518 g/mol. The number of nitrogens with zero attached hydrogens (tertiary/aromatic N) is 2. The Morgan fingerprint density at radius 3 is 2.68 bits per heavy atom. The van der Waals surface area contributed by atoms with E-state index in [-0.39, 0.29) is 24.0 Å².